The Hall–Kier alpha value is -1.37. The van der Waals surface area contributed by atoms with Crippen molar-refractivity contribution in [3.05, 3.63) is 52.1 Å². The minimum absolute atomic E-state index is 0.0592. The first-order valence-corrected chi connectivity index (χ1v) is 10.6. The summed E-state index contributed by atoms with van der Waals surface area (Å²) in [5, 5.41) is 29.3. The fourth-order valence-corrected chi connectivity index (χ4v) is 3.49. The summed E-state index contributed by atoms with van der Waals surface area (Å²) in [4.78, 5) is 0. The molecule has 5 nitrogen and oxygen atoms in total. The van der Waals surface area contributed by atoms with Gasteiger partial charge in [-0.2, -0.15) is 0 Å². The van der Waals surface area contributed by atoms with Crippen LogP contribution in [0.5, 0.6) is 5.75 Å². The van der Waals surface area contributed by atoms with Crippen LogP contribution in [-0.2, 0) is 11.2 Å². The van der Waals surface area contributed by atoms with Crippen molar-refractivity contribution >= 4 is 11.6 Å². The molecule has 1 fully saturated rings. The van der Waals surface area contributed by atoms with Crippen molar-refractivity contribution in [3.8, 4) is 5.75 Å². The molecule has 1 aromatic rings. The van der Waals surface area contributed by atoms with E-state index in [0.717, 1.165) is 35.5 Å². The summed E-state index contributed by atoms with van der Waals surface area (Å²) in [7, 11) is 0. The molecule has 2 rings (SSSR count). The van der Waals surface area contributed by atoms with E-state index >= 15 is 0 Å². The third-order valence-electron chi connectivity index (χ3n) is 5.24. The second-order valence-corrected chi connectivity index (χ2v) is 8.22. The molecule has 0 saturated carbocycles. The van der Waals surface area contributed by atoms with Gasteiger partial charge in [0.15, 0.2) is 0 Å². The number of aliphatic hydroxyl groups is 3. The Morgan fingerprint density at radius 2 is 2.00 bits per heavy atom. The van der Waals surface area contributed by atoms with Crippen LogP contribution in [0.3, 0.4) is 0 Å². The summed E-state index contributed by atoms with van der Waals surface area (Å²) in [5.41, 5.74) is 3.04. The summed E-state index contributed by atoms with van der Waals surface area (Å²) >= 11 is 6.34. The number of aliphatic hydroxyl groups excluding tert-OH is 3. The van der Waals surface area contributed by atoms with Crippen molar-refractivity contribution in [1.29, 1.82) is 0 Å². The maximum Gasteiger partial charge on any atom is 0.124 e. The molecule has 0 radical (unpaired) electrons. The van der Waals surface area contributed by atoms with Crippen molar-refractivity contribution in [2.45, 2.75) is 51.7 Å². The molecule has 1 saturated heterocycles. The van der Waals surface area contributed by atoms with Gasteiger partial charge in [0, 0.05) is 30.6 Å². The number of rotatable bonds is 11. The molecule has 3 atom stereocenters. The Bertz CT molecular complexity index is 673. The first-order valence-electron chi connectivity index (χ1n) is 10.2. The van der Waals surface area contributed by atoms with Gasteiger partial charge in [0.05, 0.1) is 19.3 Å². The molecule has 1 aliphatic rings. The van der Waals surface area contributed by atoms with Gasteiger partial charge < -0.3 is 24.8 Å². The molecule has 162 valence electrons. The molecule has 0 aromatic heterocycles. The van der Waals surface area contributed by atoms with Crippen molar-refractivity contribution in [2.75, 3.05) is 26.4 Å². The predicted octanol–water partition coefficient (Wildman–Crippen LogP) is 3.60. The molecule has 0 aliphatic carbocycles. The van der Waals surface area contributed by atoms with Gasteiger partial charge in [-0.3, -0.25) is 0 Å². The minimum Gasteiger partial charge on any atom is -0.488 e. The SMILES string of the molecule is C/C(=C\C(Cc1ccc(OC2CCOC2)cc1)=C(/C)Cl)C(CO)CC(O)CCO. The normalized spacial score (nSPS) is 20.3. The average molecular weight is 425 g/mol. The van der Waals surface area contributed by atoms with E-state index in [1.165, 1.54) is 0 Å². The molecule has 1 aromatic carbocycles. The van der Waals surface area contributed by atoms with Gasteiger partial charge in [-0.15, -0.1) is 0 Å². The highest BCUT2D eigenvalue weighted by atomic mass is 35.5. The quantitative estimate of drug-likeness (QED) is 0.473. The highest BCUT2D eigenvalue weighted by molar-refractivity contribution is 6.29. The summed E-state index contributed by atoms with van der Waals surface area (Å²) in [6, 6.07) is 7.99. The molecule has 0 spiro atoms. The Morgan fingerprint density at radius 1 is 1.28 bits per heavy atom. The summed E-state index contributed by atoms with van der Waals surface area (Å²) in [6.45, 7) is 5.06. The first kappa shape index (κ1) is 23.9. The average Bonchev–Trinajstić information content (AvgIpc) is 3.20. The van der Waals surface area contributed by atoms with Crippen molar-refractivity contribution in [3.63, 3.8) is 0 Å². The highest BCUT2D eigenvalue weighted by Crippen LogP contribution is 2.25. The van der Waals surface area contributed by atoms with Crippen LogP contribution in [0.1, 0.15) is 38.7 Å². The van der Waals surface area contributed by atoms with Crippen LogP contribution in [0.4, 0.5) is 0 Å². The van der Waals surface area contributed by atoms with Gasteiger partial charge in [-0.1, -0.05) is 35.4 Å². The molecular weight excluding hydrogens is 392 g/mol. The van der Waals surface area contributed by atoms with Crippen LogP contribution in [0.25, 0.3) is 0 Å². The van der Waals surface area contributed by atoms with Gasteiger partial charge in [0.1, 0.15) is 11.9 Å². The number of ether oxygens (including phenoxy) is 2. The van der Waals surface area contributed by atoms with Crippen LogP contribution in [0.2, 0.25) is 0 Å². The second kappa shape index (κ2) is 12.4. The molecule has 1 heterocycles. The van der Waals surface area contributed by atoms with Crippen LogP contribution in [0.15, 0.2) is 46.5 Å². The first-order chi connectivity index (χ1) is 13.9. The Morgan fingerprint density at radius 3 is 2.55 bits per heavy atom. The fourth-order valence-electron chi connectivity index (χ4n) is 3.37. The zero-order valence-corrected chi connectivity index (χ0v) is 18.1. The second-order valence-electron chi connectivity index (χ2n) is 7.65. The molecule has 0 amide bonds. The fraction of sp³-hybridized carbons (Fsp3) is 0.565. The van der Waals surface area contributed by atoms with E-state index in [0.29, 0.717) is 30.9 Å². The number of allylic oxidation sites excluding steroid dienone is 3. The zero-order valence-electron chi connectivity index (χ0n) is 17.3. The van der Waals surface area contributed by atoms with Crippen molar-refractivity contribution in [2.24, 2.45) is 5.92 Å². The van der Waals surface area contributed by atoms with Gasteiger partial charge >= 0.3 is 0 Å². The van der Waals surface area contributed by atoms with Gasteiger partial charge in [-0.05, 0) is 56.4 Å². The van der Waals surface area contributed by atoms with Crippen molar-refractivity contribution < 1.29 is 24.8 Å². The third kappa shape index (κ3) is 8.11. The third-order valence-corrected chi connectivity index (χ3v) is 5.48. The van der Waals surface area contributed by atoms with Gasteiger partial charge in [0.25, 0.3) is 0 Å². The van der Waals surface area contributed by atoms with Gasteiger partial charge in [0.2, 0.25) is 0 Å². The van der Waals surface area contributed by atoms with E-state index in [1.54, 1.807) is 0 Å². The van der Waals surface area contributed by atoms with Crippen LogP contribution in [-0.4, -0.2) is 54.0 Å². The smallest absolute Gasteiger partial charge is 0.124 e. The monoisotopic (exact) mass is 424 g/mol. The maximum atomic E-state index is 9.95. The summed E-state index contributed by atoms with van der Waals surface area (Å²) in [6.07, 6.45) is 3.79. The van der Waals surface area contributed by atoms with E-state index in [1.807, 2.05) is 44.2 Å². The number of hydrogen-bond acceptors (Lipinski definition) is 5. The number of hydrogen-bond donors (Lipinski definition) is 3. The standard InChI is InChI=1S/C23H33ClO5/c1-16(20(14-26)13-21(27)7-9-25)11-19(17(2)24)12-18-3-5-22(6-4-18)29-23-8-10-28-15-23/h3-6,11,20-21,23,25-27H,7-10,12-15H2,1-2H3/b16-11+,19-17-. The molecular formula is C23H33ClO5. The van der Waals surface area contributed by atoms with E-state index in [9.17, 15) is 10.2 Å². The lowest BCUT2D eigenvalue weighted by Crippen LogP contribution is -2.18. The lowest BCUT2D eigenvalue weighted by atomic mass is 9.91. The number of halogens is 1. The largest absolute Gasteiger partial charge is 0.488 e. The Labute approximate surface area is 178 Å². The summed E-state index contributed by atoms with van der Waals surface area (Å²) in [5.74, 6) is 0.661. The van der Waals surface area contributed by atoms with Crippen molar-refractivity contribution in [1.82, 2.24) is 0 Å². The maximum absolute atomic E-state index is 9.95. The number of benzene rings is 1. The Kier molecular flexibility index (Phi) is 10.2. The predicted molar refractivity (Wildman–Crippen MR) is 115 cm³/mol. The highest BCUT2D eigenvalue weighted by Gasteiger charge is 2.18. The van der Waals surface area contributed by atoms with Crippen LogP contribution in [0, 0.1) is 5.92 Å². The molecule has 29 heavy (non-hydrogen) atoms. The molecule has 3 unspecified atom stereocenters. The minimum atomic E-state index is -0.636. The lowest BCUT2D eigenvalue weighted by Gasteiger charge is -2.19. The van der Waals surface area contributed by atoms with Crippen LogP contribution >= 0.6 is 11.6 Å². The molecule has 0 bridgehead atoms. The molecule has 3 N–H and O–H groups in total. The zero-order chi connectivity index (χ0) is 21.2. The topological polar surface area (TPSA) is 79.2 Å². The molecule has 1 aliphatic heterocycles. The molecule has 6 heteroatoms. The summed E-state index contributed by atoms with van der Waals surface area (Å²) < 4.78 is 11.2. The van der Waals surface area contributed by atoms with E-state index in [-0.39, 0.29) is 25.2 Å². The van der Waals surface area contributed by atoms with E-state index < -0.39 is 6.10 Å². The van der Waals surface area contributed by atoms with Crippen LogP contribution < -0.4 is 4.74 Å². The lowest BCUT2D eigenvalue weighted by molar-refractivity contribution is 0.0993. The Balaban J connectivity index is 2.03. The van der Waals surface area contributed by atoms with E-state index in [4.69, 9.17) is 26.2 Å². The van der Waals surface area contributed by atoms with E-state index in [2.05, 4.69) is 0 Å². The van der Waals surface area contributed by atoms with Gasteiger partial charge in [-0.25, -0.2) is 0 Å².